The van der Waals surface area contributed by atoms with Crippen molar-refractivity contribution in [1.82, 2.24) is 13.7 Å². The van der Waals surface area contributed by atoms with Crippen LogP contribution in [0.4, 0.5) is 14.4 Å². The second kappa shape index (κ2) is 30.8. The van der Waals surface area contributed by atoms with Crippen LogP contribution in [0.1, 0.15) is 256 Å². The standard InChI is InChI=1S/C75H111N3O18/c1-67(2,3)49-40-46(41-50(68(4,5)6)58(49)91-64(85)94-73(19,20)21)28-31-55(79)88-37-34-76-61(82)77(35-38-89-56(80)32-29-47-42-51(69(7,8)9)59(52(43-47)70(10,11)12)92-65(86)95-74(22,23)24)63(84)78(62(76)83)36-39-90-57(81)33-30-48-44-53(71(13,14)15)60(54(45-48)72(16,17)18)93-66(87)96-75(25,26)27/h40-45H,28-39H2,1-27H3. The maximum Gasteiger partial charge on any atom is 0.514 e. The average molecular weight is 1340 g/mol. The largest absolute Gasteiger partial charge is 0.514 e. The number of nitrogens with zero attached hydrogens (tertiary/aromatic N) is 3. The predicted octanol–water partition coefficient (Wildman–Crippen LogP) is 14.4. The van der Waals surface area contributed by atoms with Crippen LogP contribution in [0.25, 0.3) is 0 Å². The van der Waals surface area contributed by atoms with E-state index in [1.54, 1.807) is 62.3 Å². The summed E-state index contributed by atoms with van der Waals surface area (Å²) in [5, 5.41) is 0. The van der Waals surface area contributed by atoms with E-state index >= 15 is 0 Å². The highest BCUT2D eigenvalue weighted by Crippen LogP contribution is 2.45. The van der Waals surface area contributed by atoms with Crippen LogP contribution < -0.4 is 31.3 Å². The minimum absolute atomic E-state index is 0.110. The Hall–Kier alpha value is -7.71. The maximum atomic E-state index is 14.3. The molecule has 3 aromatic carbocycles. The number of aryl methyl sites for hydroxylation is 3. The van der Waals surface area contributed by atoms with Crippen molar-refractivity contribution < 1.29 is 71.4 Å². The molecule has 0 spiro atoms. The number of rotatable bonds is 21. The first-order valence-electron chi connectivity index (χ1n) is 33.1. The molecule has 1 aromatic heterocycles. The summed E-state index contributed by atoms with van der Waals surface area (Å²) < 4.78 is 53.4. The molecule has 0 unspecified atom stereocenters. The van der Waals surface area contributed by atoms with Gasteiger partial charge >= 0.3 is 53.4 Å². The van der Waals surface area contributed by atoms with E-state index in [4.69, 9.17) is 42.6 Å². The van der Waals surface area contributed by atoms with Gasteiger partial charge in [0.15, 0.2) is 0 Å². The van der Waals surface area contributed by atoms with Crippen molar-refractivity contribution in [2.24, 2.45) is 0 Å². The lowest BCUT2D eigenvalue weighted by atomic mass is 9.78. The number of hydrogen-bond acceptors (Lipinski definition) is 18. The van der Waals surface area contributed by atoms with Gasteiger partial charge in [0.2, 0.25) is 0 Å². The van der Waals surface area contributed by atoms with Crippen molar-refractivity contribution in [3.63, 3.8) is 0 Å². The van der Waals surface area contributed by atoms with Gasteiger partial charge in [-0.05, 0) is 131 Å². The van der Waals surface area contributed by atoms with E-state index < -0.39 is 142 Å². The summed E-state index contributed by atoms with van der Waals surface area (Å²) in [7, 11) is 0. The molecule has 1 heterocycles. The highest BCUT2D eigenvalue weighted by Gasteiger charge is 2.35. The molecule has 0 saturated heterocycles. The number of hydrogen-bond donors (Lipinski definition) is 0. The number of esters is 3. The van der Waals surface area contributed by atoms with Gasteiger partial charge in [-0.25, -0.2) is 42.5 Å². The van der Waals surface area contributed by atoms with Crippen molar-refractivity contribution in [2.75, 3.05) is 19.8 Å². The molecular weight excluding hydrogens is 1230 g/mol. The third-order valence-corrected chi connectivity index (χ3v) is 15.0. The fraction of sp³-hybridized carbons (Fsp3) is 0.640. The lowest BCUT2D eigenvalue weighted by molar-refractivity contribution is -0.144. The SMILES string of the molecule is CC(C)(C)OC(=O)Oc1c(C(C)(C)C)cc(CCC(=O)OCCn2c(=O)n(CCOC(=O)CCc3cc(C(C)(C)C)c(OC(=O)OC(C)(C)C)c(C(C)(C)C)c3)c(=O)n(CCOC(=O)CCc3cc(C(C)(C)C)c(OC(=O)OC(C)(C)C)c(C(C)(C)C)c3)c2=O)cc1C(C)(C)C. The van der Waals surface area contributed by atoms with Gasteiger partial charge in [0.25, 0.3) is 0 Å². The first kappa shape index (κ1) is 80.7. The van der Waals surface area contributed by atoms with E-state index in [0.717, 1.165) is 63.8 Å². The van der Waals surface area contributed by atoms with Crippen LogP contribution in [0.15, 0.2) is 50.8 Å². The molecule has 0 amide bonds. The summed E-state index contributed by atoms with van der Waals surface area (Å²) in [6.45, 7) is 48.6. The Labute approximate surface area is 568 Å². The number of benzene rings is 3. The number of carbonyl (C=O) groups is 6. The smallest absolute Gasteiger partial charge is 0.464 e. The van der Waals surface area contributed by atoms with Crippen LogP contribution in [0, 0.1) is 0 Å². The van der Waals surface area contributed by atoms with Gasteiger partial charge in [-0.15, -0.1) is 0 Å². The summed E-state index contributed by atoms with van der Waals surface area (Å²) in [6, 6.07) is 11.3. The second-order valence-corrected chi connectivity index (χ2v) is 33.7. The van der Waals surface area contributed by atoms with Crippen LogP contribution >= 0.6 is 0 Å². The molecular formula is C75H111N3O18. The molecule has 0 radical (unpaired) electrons. The summed E-state index contributed by atoms with van der Waals surface area (Å²) >= 11 is 0. The highest BCUT2D eigenvalue weighted by atomic mass is 16.7. The van der Waals surface area contributed by atoms with Gasteiger partial charge in [-0.3, -0.25) is 14.4 Å². The molecule has 0 saturated carbocycles. The Bertz CT molecular complexity index is 3150. The van der Waals surface area contributed by atoms with Crippen molar-refractivity contribution in [3.05, 3.63) is 118 Å². The van der Waals surface area contributed by atoms with Gasteiger partial charge in [0.1, 0.15) is 53.9 Å². The van der Waals surface area contributed by atoms with Crippen molar-refractivity contribution in [2.45, 2.75) is 294 Å². The Balaban J connectivity index is 1.64. The molecule has 0 aliphatic rings. The van der Waals surface area contributed by atoms with Crippen LogP contribution in [-0.2, 0) is 114 Å². The molecule has 0 aliphatic heterocycles. The zero-order chi connectivity index (χ0) is 73.4. The third kappa shape index (κ3) is 24.4. The first-order chi connectivity index (χ1) is 43.5. The first-order valence-corrected chi connectivity index (χ1v) is 33.1. The predicted molar refractivity (Wildman–Crippen MR) is 369 cm³/mol. The monoisotopic (exact) mass is 1340 g/mol. The van der Waals surface area contributed by atoms with E-state index in [0.29, 0.717) is 17.2 Å². The molecule has 534 valence electrons. The Morgan fingerprint density at radius 1 is 0.302 bits per heavy atom. The average Bonchev–Trinajstić information content (AvgIpc) is 0.800. The van der Waals surface area contributed by atoms with Crippen molar-refractivity contribution in [1.29, 1.82) is 0 Å². The third-order valence-electron chi connectivity index (χ3n) is 15.0. The molecule has 0 fully saturated rings. The molecule has 21 heteroatoms. The fourth-order valence-electron chi connectivity index (χ4n) is 10.2. The number of aromatic nitrogens is 3. The molecule has 0 aliphatic carbocycles. The minimum atomic E-state index is -1.06. The normalized spacial score (nSPS) is 12.8. The van der Waals surface area contributed by atoms with Crippen molar-refractivity contribution >= 4 is 36.4 Å². The molecule has 4 aromatic rings. The Morgan fingerprint density at radius 3 is 0.635 bits per heavy atom. The molecule has 0 bridgehead atoms. The zero-order valence-corrected chi connectivity index (χ0v) is 62.6. The van der Waals surface area contributed by atoms with Gasteiger partial charge in [-0.1, -0.05) is 161 Å². The quantitative estimate of drug-likeness (QED) is 0.0427. The van der Waals surface area contributed by atoms with Crippen LogP contribution in [-0.4, -0.2) is 86.7 Å². The fourth-order valence-corrected chi connectivity index (χ4v) is 10.2. The zero-order valence-electron chi connectivity index (χ0n) is 62.6. The molecule has 0 atom stereocenters. The van der Waals surface area contributed by atoms with E-state index in [2.05, 4.69) is 0 Å². The van der Waals surface area contributed by atoms with E-state index in [9.17, 15) is 43.2 Å². The van der Waals surface area contributed by atoms with Crippen LogP contribution in [0.3, 0.4) is 0 Å². The minimum Gasteiger partial charge on any atom is -0.464 e. The summed E-state index contributed by atoms with van der Waals surface area (Å²) in [6.07, 6.45) is -2.22. The highest BCUT2D eigenvalue weighted by molar-refractivity contribution is 5.72. The lowest BCUT2D eigenvalue weighted by Gasteiger charge is -2.30. The second-order valence-electron chi connectivity index (χ2n) is 33.7. The number of ether oxygens (including phenoxy) is 9. The van der Waals surface area contributed by atoms with Crippen LogP contribution in [0.2, 0.25) is 0 Å². The van der Waals surface area contributed by atoms with Gasteiger partial charge in [0, 0.05) is 52.6 Å². The summed E-state index contributed by atoms with van der Waals surface area (Å²) in [5.74, 6) is -0.827. The van der Waals surface area contributed by atoms with Crippen molar-refractivity contribution in [3.8, 4) is 17.2 Å². The summed E-state index contributed by atoms with van der Waals surface area (Å²) in [4.78, 5) is 122. The van der Waals surface area contributed by atoms with Gasteiger partial charge in [0.05, 0.1) is 19.6 Å². The van der Waals surface area contributed by atoms with Gasteiger partial charge < -0.3 is 42.6 Å². The molecule has 0 N–H and O–H groups in total. The lowest BCUT2D eigenvalue weighted by Crippen LogP contribution is -2.55. The Morgan fingerprint density at radius 2 is 0.479 bits per heavy atom. The van der Waals surface area contributed by atoms with Crippen LogP contribution in [0.5, 0.6) is 17.2 Å². The maximum absolute atomic E-state index is 14.3. The van der Waals surface area contributed by atoms with E-state index in [1.807, 2.05) is 161 Å². The van der Waals surface area contributed by atoms with E-state index in [-0.39, 0.29) is 38.5 Å². The molecule has 21 nitrogen and oxygen atoms in total. The topological polar surface area (TPSA) is 251 Å². The van der Waals surface area contributed by atoms with E-state index in [1.165, 1.54) is 0 Å². The summed E-state index contributed by atoms with van der Waals surface area (Å²) in [5.41, 5.74) is -2.00. The van der Waals surface area contributed by atoms with Gasteiger partial charge in [-0.2, -0.15) is 0 Å². The molecule has 96 heavy (non-hydrogen) atoms. The number of carbonyl (C=O) groups excluding carboxylic acids is 6. The Kier molecular flexibility index (Phi) is 25.9. The molecule has 4 rings (SSSR count).